The lowest BCUT2D eigenvalue weighted by molar-refractivity contribution is 0.380. The zero-order valence-electron chi connectivity index (χ0n) is 14.5. The highest BCUT2D eigenvalue weighted by atomic mass is 32.2. The summed E-state index contributed by atoms with van der Waals surface area (Å²) in [7, 11) is 1.67. The molecule has 0 bridgehead atoms. The van der Waals surface area contributed by atoms with Crippen molar-refractivity contribution in [2.24, 2.45) is 0 Å². The van der Waals surface area contributed by atoms with Gasteiger partial charge < -0.3 is 4.74 Å². The van der Waals surface area contributed by atoms with Gasteiger partial charge in [-0.05, 0) is 42.7 Å². The maximum atomic E-state index is 5.62. The van der Waals surface area contributed by atoms with Crippen LogP contribution in [0.1, 0.15) is 11.3 Å². The third kappa shape index (κ3) is 3.58. The molecule has 0 saturated carbocycles. The van der Waals surface area contributed by atoms with E-state index in [9.17, 15) is 0 Å². The van der Waals surface area contributed by atoms with E-state index in [2.05, 4.69) is 36.4 Å². The number of hydrogen-bond donors (Lipinski definition) is 0. The topological polar surface area (TPSA) is 39.4 Å². The van der Waals surface area contributed by atoms with Gasteiger partial charge in [-0.15, -0.1) is 0 Å². The molecule has 0 saturated heterocycles. The Bertz CT molecular complexity index is 1000. The first-order chi connectivity index (χ1) is 12.8. The molecule has 5 heteroatoms. The van der Waals surface area contributed by atoms with Gasteiger partial charge in [0.05, 0.1) is 7.11 Å². The van der Waals surface area contributed by atoms with Crippen LogP contribution in [0.2, 0.25) is 0 Å². The number of rotatable bonds is 6. The highest BCUT2D eigenvalue weighted by Gasteiger charge is 2.14. The van der Waals surface area contributed by atoms with Gasteiger partial charge in [0.15, 0.2) is 5.65 Å². The van der Waals surface area contributed by atoms with Crippen molar-refractivity contribution in [3.63, 3.8) is 0 Å². The molecule has 0 unspecified atom stereocenters. The van der Waals surface area contributed by atoms with Crippen molar-refractivity contribution in [1.29, 1.82) is 0 Å². The number of fused-ring (bicyclic) bond motifs is 1. The van der Waals surface area contributed by atoms with Gasteiger partial charge in [0.25, 0.3) is 0 Å². The highest BCUT2D eigenvalue weighted by molar-refractivity contribution is 7.99. The molecule has 0 atom stereocenters. The van der Waals surface area contributed by atoms with Crippen LogP contribution < -0.4 is 4.74 Å². The van der Waals surface area contributed by atoms with Crippen molar-refractivity contribution in [2.75, 3.05) is 7.11 Å². The van der Waals surface area contributed by atoms with Gasteiger partial charge in [-0.1, -0.05) is 60.3 Å². The SMILES string of the molecule is COc1c(CCc2ccccc2)nc2ccc(Sc3ccccc3)nn12. The summed E-state index contributed by atoms with van der Waals surface area (Å²) in [5, 5.41) is 5.62. The van der Waals surface area contributed by atoms with E-state index in [1.54, 1.807) is 23.4 Å². The van der Waals surface area contributed by atoms with Crippen molar-refractivity contribution in [1.82, 2.24) is 14.6 Å². The zero-order valence-corrected chi connectivity index (χ0v) is 15.3. The Morgan fingerprint density at radius 3 is 2.35 bits per heavy atom. The zero-order chi connectivity index (χ0) is 17.8. The fraction of sp³-hybridized carbons (Fsp3) is 0.143. The van der Waals surface area contributed by atoms with E-state index in [1.807, 2.05) is 36.4 Å². The maximum absolute atomic E-state index is 5.62. The van der Waals surface area contributed by atoms with Gasteiger partial charge in [-0.3, -0.25) is 0 Å². The number of aromatic nitrogens is 3. The number of ether oxygens (including phenoxy) is 1. The maximum Gasteiger partial charge on any atom is 0.238 e. The molecule has 0 aliphatic rings. The van der Waals surface area contributed by atoms with E-state index in [4.69, 9.17) is 14.8 Å². The fourth-order valence-electron chi connectivity index (χ4n) is 2.88. The van der Waals surface area contributed by atoms with Crippen LogP contribution in [-0.4, -0.2) is 21.7 Å². The molecule has 0 aliphatic carbocycles. The van der Waals surface area contributed by atoms with E-state index in [0.29, 0.717) is 5.88 Å². The second-order valence-electron chi connectivity index (χ2n) is 5.91. The molecule has 0 radical (unpaired) electrons. The third-order valence-electron chi connectivity index (χ3n) is 4.13. The molecule has 4 rings (SSSR count). The van der Waals surface area contributed by atoms with Crippen molar-refractivity contribution < 1.29 is 4.74 Å². The van der Waals surface area contributed by atoms with Crippen LogP contribution in [0.25, 0.3) is 5.65 Å². The van der Waals surface area contributed by atoms with Crippen molar-refractivity contribution in [3.8, 4) is 5.88 Å². The summed E-state index contributed by atoms with van der Waals surface area (Å²) in [5.74, 6) is 0.714. The molecule has 2 aromatic carbocycles. The van der Waals surface area contributed by atoms with Gasteiger partial charge in [0.2, 0.25) is 5.88 Å². The van der Waals surface area contributed by atoms with E-state index in [0.717, 1.165) is 34.1 Å². The van der Waals surface area contributed by atoms with Crippen LogP contribution >= 0.6 is 11.8 Å². The molecular formula is C21H19N3OS. The highest BCUT2D eigenvalue weighted by Crippen LogP contribution is 2.28. The predicted octanol–water partition coefficient (Wildman–Crippen LogP) is 4.67. The Morgan fingerprint density at radius 1 is 0.885 bits per heavy atom. The average Bonchev–Trinajstić information content (AvgIpc) is 3.05. The van der Waals surface area contributed by atoms with E-state index in [-0.39, 0.29) is 0 Å². The Kier molecular flexibility index (Phi) is 4.88. The summed E-state index contributed by atoms with van der Waals surface area (Å²) >= 11 is 1.63. The average molecular weight is 361 g/mol. The van der Waals surface area contributed by atoms with Crippen LogP contribution in [0.4, 0.5) is 0 Å². The summed E-state index contributed by atoms with van der Waals surface area (Å²) in [6.45, 7) is 0. The summed E-state index contributed by atoms with van der Waals surface area (Å²) in [5.41, 5.74) is 3.04. The van der Waals surface area contributed by atoms with Crippen molar-refractivity contribution in [2.45, 2.75) is 22.8 Å². The van der Waals surface area contributed by atoms with Crippen LogP contribution in [0.15, 0.2) is 82.7 Å². The lowest BCUT2D eigenvalue weighted by atomic mass is 10.1. The van der Waals surface area contributed by atoms with Crippen LogP contribution in [-0.2, 0) is 12.8 Å². The molecule has 0 fully saturated rings. The number of nitrogens with zero attached hydrogens (tertiary/aromatic N) is 3. The van der Waals surface area contributed by atoms with Crippen molar-refractivity contribution >= 4 is 17.4 Å². The Labute approximate surface area is 156 Å². The molecular weight excluding hydrogens is 342 g/mol. The van der Waals surface area contributed by atoms with Crippen LogP contribution in [0, 0.1) is 0 Å². The first kappa shape index (κ1) is 16.7. The Balaban J connectivity index is 1.61. The van der Waals surface area contributed by atoms with Crippen LogP contribution in [0.5, 0.6) is 5.88 Å². The molecule has 0 aliphatic heterocycles. The Hall–Kier alpha value is -2.79. The molecule has 0 amide bonds. The quantitative estimate of drug-likeness (QED) is 0.500. The standard InChI is InChI=1S/C21H19N3OS/c1-25-21-18(13-12-16-8-4-2-5-9-16)22-19-14-15-20(23-24(19)21)26-17-10-6-3-7-11-17/h2-11,14-15H,12-13H2,1H3. The van der Waals surface area contributed by atoms with Gasteiger partial charge in [0, 0.05) is 4.90 Å². The van der Waals surface area contributed by atoms with E-state index < -0.39 is 0 Å². The second-order valence-corrected chi connectivity index (χ2v) is 7.00. The van der Waals surface area contributed by atoms with Crippen molar-refractivity contribution in [3.05, 3.63) is 84.1 Å². The third-order valence-corrected chi connectivity index (χ3v) is 5.07. The molecule has 4 nitrogen and oxygen atoms in total. The number of benzene rings is 2. The van der Waals surface area contributed by atoms with Gasteiger partial charge >= 0.3 is 0 Å². The van der Waals surface area contributed by atoms with E-state index in [1.165, 1.54) is 5.56 Å². The first-order valence-electron chi connectivity index (χ1n) is 8.53. The number of hydrogen-bond acceptors (Lipinski definition) is 4. The molecule has 2 heterocycles. The molecule has 130 valence electrons. The lowest BCUT2D eigenvalue weighted by Crippen LogP contribution is -1.99. The van der Waals surface area contributed by atoms with Gasteiger partial charge in [-0.25, -0.2) is 4.98 Å². The monoisotopic (exact) mass is 361 g/mol. The fourth-order valence-corrected chi connectivity index (χ4v) is 3.67. The minimum atomic E-state index is 0.714. The molecule has 4 aromatic rings. The van der Waals surface area contributed by atoms with E-state index >= 15 is 0 Å². The number of methoxy groups -OCH3 is 1. The number of imidazole rings is 1. The van der Waals surface area contributed by atoms with Gasteiger partial charge in [-0.2, -0.15) is 9.61 Å². The van der Waals surface area contributed by atoms with Crippen LogP contribution in [0.3, 0.4) is 0 Å². The molecule has 0 spiro atoms. The summed E-state index contributed by atoms with van der Waals surface area (Å²) in [4.78, 5) is 5.87. The number of aryl methyl sites for hydroxylation is 2. The first-order valence-corrected chi connectivity index (χ1v) is 9.34. The lowest BCUT2D eigenvalue weighted by Gasteiger charge is -2.04. The Morgan fingerprint density at radius 2 is 1.62 bits per heavy atom. The second kappa shape index (κ2) is 7.62. The molecule has 0 N–H and O–H groups in total. The molecule has 2 aromatic heterocycles. The normalized spacial score (nSPS) is 11.0. The molecule has 26 heavy (non-hydrogen) atoms. The summed E-state index contributed by atoms with van der Waals surface area (Å²) < 4.78 is 7.42. The summed E-state index contributed by atoms with van der Waals surface area (Å²) in [6, 6.07) is 24.6. The predicted molar refractivity (Wildman–Crippen MR) is 104 cm³/mol. The largest absolute Gasteiger partial charge is 0.480 e. The minimum Gasteiger partial charge on any atom is -0.480 e. The minimum absolute atomic E-state index is 0.714. The smallest absolute Gasteiger partial charge is 0.238 e. The summed E-state index contributed by atoms with van der Waals surface area (Å²) in [6.07, 6.45) is 1.74. The van der Waals surface area contributed by atoms with Gasteiger partial charge in [0.1, 0.15) is 10.7 Å².